The Bertz CT molecular complexity index is 7260. The van der Waals surface area contributed by atoms with E-state index in [-0.39, 0.29) is 119 Å². The highest BCUT2D eigenvalue weighted by atomic mass is 32.2. The van der Waals surface area contributed by atoms with Crippen LogP contribution in [0.15, 0.2) is 251 Å². The molecule has 12 aromatic rings. The molecule has 4 unspecified atom stereocenters. The number of methoxy groups -OCH3 is 2. The number of hydrogen-bond acceptors (Lipinski definition) is 20. The quantitative estimate of drug-likeness (QED) is 0.0473. The van der Waals surface area contributed by atoms with Crippen LogP contribution in [0.3, 0.4) is 0 Å². The molecule has 0 spiro atoms. The number of rotatable bonds is 24. The van der Waals surface area contributed by atoms with E-state index in [2.05, 4.69) is 248 Å². The Hall–Kier alpha value is -10.6. The van der Waals surface area contributed by atoms with Gasteiger partial charge in [-0.3, -0.25) is 33.8 Å². The van der Waals surface area contributed by atoms with Gasteiger partial charge in [-0.05, 0) is 269 Å². The van der Waals surface area contributed by atoms with Crippen molar-refractivity contribution in [2.75, 3.05) is 126 Å². The van der Waals surface area contributed by atoms with Gasteiger partial charge in [0, 0.05) is 160 Å². The van der Waals surface area contributed by atoms with Crippen LogP contribution in [-0.2, 0) is 76.9 Å². The summed E-state index contributed by atoms with van der Waals surface area (Å²) in [7, 11) is -7.24. The van der Waals surface area contributed by atoms with Gasteiger partial charge in [-0.2, -0.15) is 40.6 Å². The van der Waals surface area contributed by atoms with Gasteiger partial charge >= 0.3 is 6.18 Å². The van der Waals surface area contributed by atoms with Crippen LogP contribution in [0.5, 0.6) is 0 Å². The van der Waals surface area contributed by atoms with E-state index >= 15 is 0 Å². The minimum atomic E-state index is -4.76. The minimum absolute atomic E-state index is 0.00148. The Kier molecular flexibility index (Phi) is 34.5. The number of carbonyl (C=O) groups is 1. The number of aliphatic hydroxyl groups excluding tert-OH is 3. The SMILES string of the molecule is COC[C@@H]1[C@@H](c2ccc(-c3cccc(C)c3)cc2)C2CN(S(=O)(=O)c3ccccc3C(F)(F)F)CCCCN21.COC[C@@H]1[C@@H](c2ccc(-c3cccc(C)c3C)cc2)C2CN(S(=O)(=O)c3ccnn3C)CCCCN21.Cc1cc(S(=O)(=O)N2CCCCN3C(C2)[C@H](c2ccc(-c4cccc(C)c4C)cc2)[C@H]3CO)n(C)n1.Cc1cccc(-c2ccc([C@H]3C4CN(S(=O)(=O)c5ccc(C(=O)CO)n5C)CCCCN4[C@@H]3CO)cc2)c1C. The number of hydrogen-bond donors (Lipinski definition) is 3. The smallest absolute Gasteiger partial charge is 0.395 e. The highest BCUT2D eigenvalue weighted by Crippen LogP contribution is 2.50. The van der Waals surface area contributed by atoms with Crippen LogP contribution in [0.1, 0.15) is 158 Å². The largest absolute Gasteiger partial charge is 0.417 e. The average molecular weight is 2130 g/mol. The number of aromatic nitrogens is 5. The van der Waals surface area contributed by atoms with Gasteiger partial charge in [-0.15, -0.1) is 0 Å². The molecule has 0 bridgehead atoms. The maximum Gasteiger partial charge on any atom is 0.417 e. The molecule has 8 aliphatic heterocycles. The van der Waals surface area contributed by atoms with Gasteiger partial charge in [-0.25, -0.2) is 33.7 Å². The summed E-state index contributed by atoms with van der Waals surface area (Å²) in [6.07, 6.45) is 3.16. The summed E-state index contributed by atoms with van der Waals surface area (Å²) < 4.78 is 172. The highest BCUT2D eigenvalue weighted by Gasteiger charge is 2.56. The monoisotopic (exact) mass is 2130 g/mol. The van der Waals surface area contributed by atoms with Gasteiger partial charge in [-0.1, -0.05) is 194 Å². The van der Waals surface area contributed by atoms with Crippen molar-refractivity contribution in [3.8, 4) is 44.5 Å². The van der Waals surface area contributed by atoms with E-state index in [4.69, 9.17) is 9.47 Å². The lowest BCUT2D eigenvalue weighted by atomic mass is 9.74. The second-order valence-electron chi connectivity index (χ2n) is 41.5. The summed E-state index contributed by atoms with van der Waals surface area (Å²) in [6.45, 7) is 23.6. The first kappa shape index (κ1) is 111. The first-order chi connectivity index (χ1) is 71.8. The Labute approximate surface area is 882 Å². The number of aliphatic hydroxyl groups is 3. The number of halogens is 3. The van der Waals surface area contributed by atoms with Crippen molar-refractivity contribution in [3.05, 3.63) is 309 Å². The van der Waals surface area contributed by atoms with Crippen molar-refractivity contribution >= 4 is 45.9 Å². The summed E-state index contributed by atoms with van der Waals surface area (Å²) in [4.78, 5) is 20.7. The Morgan fingerprint density at radius 3 is 1.09 bits per heavy atom. The first-order valence-corrected chi connectivity index (χ1v) is 57.9. The maximum atomic E-state index is 13.8. The molecule has 8 fully saturated rings. The molecular weight excluding hydrogens is 1980 g/mol. The zero-order valence-electron chi connectivity index (χ0n) is 88.0. The van der Waals surface area contributed by atoms with E-state index in [1.165, 1.54) is 126 Å². The van der Waals surface area contributed by atoms with Crippen molar-refractivity contribution < 1.29 is 76.4 Å². The lowest BCUT2D eigenvalue weighted by molar-refractivity contribution is -0.140. The molecule has 150 heavy (non-hydrogen) atoms. The third-order valence-electron chi connectivity index (χ3n) is 32.8. The molecule has 8 aliphatic rings. The van der Waals surface area contributed by atoms with Gasteiger partial charge in [0.15, 0.2) is 15.1 Å². The van der Waals surface area contributed by atoms with Gasteiger partial charge in [0.1, 0.15) is 6.61 Å². The molecule has 8 saturated heterocycles. The standard InChI is InChI=1S/C30H33F3N2O3S.C30H37N3O5S.2C28H36N4O3S/c1-21-8-7-9-24(18-21)22-12-14-23(15-13-22)29-26-19-34(16-5-6-17-35(26)27(29)20-38-2)39(36,37)28-11-4-3-10-25(28)30(31,32)33;1-20-7-6-8-24(21(20)2)22-9-11-23(12-10-22)30-26-17-32(15-4-5-16-33(26)27(30)18-34)39(37,38)29-14-13-25(31(29)3)28(36)19-35;1-20-8-7-9-24(21(20)2)22-10-12-23(13-11-22)28-25-18-31(36(33,34)27-14-15-29-30(27)3)16-5-6-17-32(25)26(28)19-35-4;1-19-8-7-9-24(21(19)3)22-10-12-23(13-11-22)28-25-17-31(14-5-6-15-32(25)26(28)18-33)36(34,35)27-16-20(2)29-30(27)4/h3-4,7-15,18,26-27,29H,5-6,16-17,19-20H2,1-2H3;6-14,26-27,30,34-35H,4-5,15-19H2,1-3H3;7-15,25-26,28H,5-6,16-19H2,1-4H3;7-13,16,25-26,28,33H,5-6,14-15,17-18H2,1-4H3/t26?,27-,29+;26?,27-,30+;2*25?,26-,28+/m1111/s1. The molecule has 0 radical (unpaired) electrons. The van der Waals surface area contributed by atoms with Crippen LogP contribution in [0, 0.1) is 55.4 Å². The number of alkyl halides is 3. The van der Waals surface area contributed by atoms with E-state index in [0.29, 0.717) is 71.0 Å². The number of ether oxygens (including phenoxy) is 2. The number of ketones is 1. The Morgan fingerprint density at radius 1 is 0.373 bits per heavy atom. The summed E-state index contributed by atoms with van der Waals surface area (Å²) in [5.41, 5.74) is 22.5. The van der Waals surface area contributed by atoms with Gasteiger partial charge in [0.25, 0.3) is 30.1 Å². The van der Waals surface area contributed by atoms with Crippen molar-refractivity contribution in [2.45, 2.75) is 205 Å². The molecule has 20 rings (SSSR count). The normalized spacial score (nSPS) is 23.1. The number of aryl methyl sites for hydroxylation is 7. The maximum absolute atomic E-state index is 13.8. The molecule has 3 N–H and O–H groups in total. The molecule has 800 valence electrons. The van der Waals surface area contributed by atoms with Crippen LogP contribution >= 0.6 is 0 Å². The van der Waals surface area contributed by atoms with Crippen LogP contribution < -0.4 is 0 Å². The Morgan fingerprint density at radius 2 is 0.733 bits per heavy atom. The topological polar surface area (TPSA) is 299 Å². The van der Waals surface area contributed by atoms with Crippen LogP contribution in [0.25, 0.3) is 44.5 Å². The van der Waals surface area contributed by atoms with Crippen LogP contribution in [0.4, 0.5) is 13.2 Å². The molecule has 34 heteroatoms. The molecule has 0 amide bonds. The van der Waals surface area contributed by atoms with Crippen molar-refractivity contribution in [1.82, 2.24) is 60.9 Å². The second kappa shape index (κ2) is 46.8. The Balaban J connectivity index is 0.000000136. The summed E-state index contributed by atoms with van der Waals surface area (Å²) in [5.74, 6) is -0.248. The second-order valence-corrected chi connectivity index (χ2v) is 49.0. The third-order valence-corrected chi connectivity index (χ3v) is 40.5. The molecule has 12 atom stereocenters. The molecule has 3 aromatic heterocycles. The molecule has 27 nitrogen and oxygen atoms in total. The van der Waals surface area contributed by atoms with Crippen molar-refractivity contribution in [3.63, 3.8) is 0 Å². The summed E-state index contributed by atoms with van der Waals surface area (Å²) in [5, 5.41) is 38.7. The average Bonchev–Trinajstić information content (AvgIpc) is 0.890. The molecule has 9 aromatic carbocycles. The van der Waals surface area contributed by atoms with E-state index in [1.807, 2.05) is 13.0 Å². The minimum Gasteiger partial charge on any atom is -0.395 e. The zero-order chi connectivity index (χ0) is 107. The zero-order valence-corrected chi connectivity index (χ0v) is 91.2. The van der Waals surface area contributed by atoms with E-state index in [1.54, 1.807) is 55.3 Å². The number of nitrogens with zero attached hydrogens (tertiary/aromatic N) is 13. The highest BCUT2D eigenvalue weighted by molar-refractivity contribution is 7.90. The predicted octanol–water partition coefficient (Wildman–Crippen LogP) is 16.6. The van der Waals surface area contributed by atoms with E-state index in [9.17, 15) is 67.0 Å². The fourth-order valence-electron chi connectivity index (χ4n) is 24.4. The lowest BCUT2D eigenvalue weighted by Crippen LogP contribution is -2.68. The lowest BCUT2D eigenvalue weighted by Gasteiger charge is -2.57. The van der Waals surface area contributed by atoms with E-state index < -0.39 is 69.1 Å². The summed E-state index contributed by atoms with van der Waals surface area (Å²) in [6, 6.07) is 72.4. The number of fused-ring (bicyclic) bond motifs is 4. The first-order valence-electron chi connectivity index (χ1n) is 52.2. The fraction of sp³-hybridized carbons (Fsp3) is 0.440. The summed E-state index contributed by atoms with van der Waals surface area (Å²) >= 11 is 0. The molecule has 11 heterocycles. The predicted molar refractivity (Wildman–Crippen MR) is 578 cm³/mol. The number of carbonyl (C=O) groups excluding carboxylic acids is 1. The number of sulfonamides is 4. The molecule has 0 aliphatic carbocycles. The van der Waals surface area contributed by atoms with Gasteiger partial charge in [0.2, 0.25) is 15.8 Å². The fourth-order valence-corrected chi connectivity index (χ4v) is 31.0. The van der Waals surface area contributed by atoms with E-state index in [0.717, 1.165) is 110 Å². The molecule has 0 saturated carbocycles. The number of Topliss-reactive ketones (excluding diaryl/α,β-unsaturated/α-hetero) is 1. The van der Waals surface area contributed by atoms with Crippen molar-refractivity contribution in [2.24, 2.45) is 21.1 Å². The van der Waals surface area contributed by atoms with Crippen LogP contribution in [-0.4, -0.2) is 290 Å². The van der Waals surface area contributed by atoms with Gasteiger partial charge in [0.05, 0.1) is 54.5 Å². The third kappa shape index (κ3) is 22.5. The number of benzene rings is 9. The van der Waals surface area contributed by atoms with Crippen LogP contribution in [0.2, 0.25) is 0 Å². The van der Waals surface area contributed by atoms with Crippen molar-refractivity contribution in [1.29, 1.82) is 0 Å². The van der Waals surface area contributed by atoms with Gasteiger partial charge < -0.3 is 29.4 Å². The molecular formula is C116H142F3N13O14S4.